The summed E-state index contributed by atoms with van der Waals surface area (Å²) in [5.41, 5.74) is 0. The minimum atomic E-state index is 0.479. The summed E-state index contributed by atoms with van der Waals surface area (Å²) in [6.45, 7) is 0.958. The second-order valence-electron chi connectivity index (χ2n) is 0.666. The Kier molecular flexibility index (Phi) is 6.20. The molecule has 0 saturated heterocycles. The Labute approximate surface area is 48.1 Å². The maximum atomic E-state index is 4.30. The van der Waals surface area contributed by atoms with Crippen molar-refractivity contribution < 1.29 is 8.37 Å². The van der Waals surface area contributed by atoms with Gasteiger partial charge in [-0.2, -0.15) is 0 Å². The van der Waals surface area contributed by atoms with Gasteiger partial charge in [-0.1, -0.05) is 0 Å². The van der Waals surface area contributed by atoms with Gasteiger partial charge in [0.05, 0.1) is 13.2 Å². The molecule has 38 valence electrons. The van der Waals surface area contributed by atoms with Gasteiger partial charge in [0.1, 0.15) is 0 Å². The lowest BCUT2D eigenvalue weighted by Crippen LogP contribution is -1.90. The van der Waals surface area contributed by atoms with Crippen LogP contribution >= 0.6 is 25.8 Å². The summed E-state index contributed by atoms with van der Waals surface area (Å²) in [7, 11) is 0. The van der Waals surface area contributed by atoms with E-state index in [0.717, 1.165) is 0 Å². The van der Waals surface area contributed by atoms with Crippen molar-refractivity contribution in [3.8, 4) is 0 Å². The van der Waals surface area contributed by atoms with Crippen LogP contribution in [0.4, 0.5) is 0 Å². The Balaban J connectivity index is 2.34. The van der Waals surface area contributed by atoms with E-state index in [1.807, 2.05) is 0 Å². The zero-order chi connectivity index (χ0) is 4.83. The van der Waals surface area contributed by atoms with Gasteiger partial charge in [0.25, 0.3) is 0 Å². The molecule has 0 heterocycles. The fourth-order valence-electron chi connectivity index (χ4n) is 0.0745. The summed E-state index contributed by atoms with van der Waals surface area (Å²) < 4.78 is 8.61. The zero-order valence-corrected chi connectivity index (χ0v) is 4.91. The first-order chi connectivity index (χ1) is 2.91. The Morgan fingerprint density at radius 3 is 1.50 bits per heavy atom. The monoisotopic (exact) mass is 126 g/mol. The Bertz CT molecular complexity index is 21.5. The normalized spacial score (nSPS) is 9.00. The molecule has 2 nitrogen and oxygen atoms in total. The standard InChI is InChI=1S/C2H6O2S2/c5-3-1-2-4-6/h5-6H,1-2H2. The second-order valence-corrected chi connectivity index (χ2v) is 1.18. The summed E-state index contributed by atoms with van der Waals surface area (Å²) in [5, 5.41) is 0. The SMILES string of the molecule is SOCCOS. The summed E-state index contributed by atoms with van der Waals surface area (Å²) >= 11 is 6.88. The molecular weight excluding hydrogens is 120 g/mol. The van der Waals surface area contributed by atoms with Crippen LogP contribution in [0.2, 0.25) is 0 Å². The first-order valence-electron chi connectivity index (χ1n) is 1.44. The highest BCUT2D eigenvalue weighted by molar-refractivity contribution is 7.75. The molecule has 6 heavy (non-hydrogen) atoms. The van der Waals surface area contributed by atoms with Crippen molar-refractivity contribution >= 4 is 25.8 Å². The molecule has 4 heteroatoms. The molecule has 0 aliphatic rings. The van der Waals surface area contributed by atoms with E-state index in [-0.39, 0.29) is 0 Å². The van der Waals surface area contributed by atoms with Gasteiger partial charge in [-0.25, -0.2) is 0 Å². The van der Waals surface area contributed by atoms with Crippen LogP contribution in [-0.4, -0.2) is 13.2 Å². The molecule has 0 bridgehead atoms. The lowest BCUT2D eigenvalue weighted by molar-refractivity contribution is 0.273. The molecule has 0 aromatic rings. The predicted molar refractivity (Wildman–Crippen MR) is 29.9 cm³/mol. The lowest BCUT2D eigenvalue weighted by atomic mass is 10.8. The molecule has 0 unspecified atom stereocenters. The molecule has 0 saturated carbocycles. The van der Waals surface area contributed by atoms with Crippen LogP contribution in [-0.2, 0) is 8.37 Å². The first kappa shape index (κ1) is 6.62. The smallest absolute Gasteiger partial charge is 0.0857 e. The topological polar surface area (TPSA) is 18.5 Å². The van der Waals surface area contributed by atoms with Crippen molar-refractivity contribution in [3.05, 3.63) is 0 Å². The third-order valence-electron chi connectivity index (χ3n) is 0.266. The van der Waals surface area contributed by atoms with Gasteiger partial charge in [0.2, 0.25) is 0 Å². The van der Waals surface area contributed by atoms with Crippen molar-refractivity contribution in [2.45, 2.75) is 0 Å². The molecule has 0 atom stereocenters. The van der Waals surface area contributed by atoms with Crippen LogP contribution in [0.5, 0.6) is 0 Å². The van der Waals surface area contributed by atoms with Crippen LogP contribution in [0.3, 0.4) is 0 Å². The molecule has 0 aromatic heterocycles. The highest BCUT2D eigenvalue weighted by Gasteiger charge is 1.75. The van der Waals surface area contributed by atoms with E-state index in [1.54, 1.807) is 0 Å². The maximum Gasteiger partial charge on any atom is 0.0857 e. The highest BCUT2D eigenvalue weighted by atomic mass is 32.1. The Hall–Kier alpha value is 0.620. The van der Waals surface area contributed by atoms with Crippen LogP contribution in [0.25, 0.3) is 0 Å². The summed E-state index contributed by atoms with van der Waals surface area (Å²) in [5.74, 6) is 0. The molecule has 0 aliphatic heterocycles. The third kappa shape index (κ3) is 4.62. The first-order valence-corrected chi connectivity index (χ1v) is 2.17. The molecule has 0 radical (unpaired) electrons. The van der Waals surface area contributed by atoms with E-state index in [1.165, 1.54) is 0 Å². The minimum absolute atomic E-state index is 0.479. The van der Waals surface area contributed by atoms with Crippen molar-refractivity contribution in [3.63, 3.8) is 0 Å². The molecule has 0 amide bonds. The summed E-state index contributed by atoms with van der Waals surface area (Å²) in [4.78, 5) is 0. The van der Waals surface area contributed by atoms with Crippen LogP contribution in [0.1, 0.15) is 0 Å². The summed E-state index contributed by atoms with van der Waals surface area (Å²) in [6.07, 6.45) is 0. The van der Waals surface area contributed by atoms with Gasteiger partial charge in [0, 0.05) is 0 Å². The second kappa shape index (κ2) is 5.62. The van der Waals surface area contributed by atoms with Gasteiger partial charge in [-0.3, -0.25) is 0 Å². The fraction of sp³-hybridized carbons (Fsp3) is 1.00. The van der Waals surface area contributed by atoms with Crippen molar-refractivity contribution in [2.24, 2.45) is 0 Å². The summed E-state index contributed by atoms with van der Waals surface area (Å²) in [6, 6.07) is 0. The van der Waals surface area contributed by atoms with E-state index in [0.29, 0.717) is 13.2 Å². The molecule has 0 fully saturated rings. The van der Waals surface area contributed by atoms with Crippen LogP contribution in [0.15, 0.2) is 0 Å². The van der Waals surface area contributed by atoms with E-state index in [2.05, 4.69) is 34.2 Å². The van der Waals surface area contributed by atoms with Gasteiger partial charge in [-0.15, -0.1) is 0 Å². The number of hydrogen-bond acceptors (Lipinski definition) is 4. The lowest BCUT2D eigenvalue weighted by Gasteiger charge is -1.88. The number of hydrogen-bond donors (Lipinski definition) is 2. The Morgan fingerprint density at radius 1 is 1.00 bits per heavy atom. The number of rotatable bonds is 3. The van der Waals surface area contributed by atoms with Crippen molar-refractivity contribution in [1.82, 2.24) is 0 Å². The largest absolute Gasteiger partial charge is 0.316 e. The average Bonchev–Trinajstić information content (AvgIpc) is 1.61. The quantitative estimate of drug-likeness (QED) is 0.329. The third-order valence-corrected chi connectivity index (χ3v) is 0.631. The molecular formula is C2H6O2S2. The molecule has 0 aromatic carbocycles. The molecule has 0 N–H and O–H groups in total. The predicted octanol–water partition coefficient (Wildman–Crippen LogP) is 0.709. The van der Waals surface area contributed by atoms with Gasteiger partial charge in [0.15, 0.2) is 0 Å². The molecule has 0 spiro atoms. The molecule has 0 rings (SSSR count). The molecule has 0 aliphatic carbocycles. The maximum absolute atomic E-state index is 4.30. The van der Waals surface area contributed by atoms with Crippen molar-refractivity contribution in [2.75, 3.05) is 13.2 Å². The van der Waals surface area contributed by atoms with E-state index < -0.39 is 0 Å². The van der Waals surface area contributed by atoms with E-state index in [4.69, 9.17) is 0 Å². The van der Waals surface area contributed by atoms with Crippen LogP contribution in [0, 0.1) is 0 Å². The average molecular weight is 126 g/mol. The number of thiol groups is 2. The minimum Gasteiger partial charge on any atom is -0.316 e. The fourth-order valence-corrected chi connectivity index (χ4v) is 0.224. The Morgan fingerprint density at radius 2 is 1.33 bits per heavy atom. The van der Waals surface area contributed by atoms with Crippen molar-refractivity contribution in [1.29, 1.82) is 0 Å². The van der Waals surface area contributed by atoms with Gasteiger partial charge in [-0.05, 0) is 25.8 Å². The van der Waals surface area contributed by atoms with E-state index >= 15 is 0 Å². The zero-order valence-electron chi connectivity index (χ0n) is 3.13. The van der Waals surface area contributed by atoms with Crippen LogP contribution < -0.4 is 0 Å². The van der Waals surface area contributed by atoms with Gasteiger partial charge < -0.3 is 8.37 Å². The van der Waals surface area contributed by atoms with Gasteiger partial charge >= 0.3 is 0 Å². The van der Waals surface area contributed by atoms with E-state index in [9.17, 15) is 0 Å². The highest BCUT2D eigenvalue weighted by Crippen LogP contribution is 1.80.